The van der Waals surface area contributed by atoms with Gasteiger partial charge < -0.3 is 0 Å². The summed E-state index contributed by atoms with van der Waals surface area (Å²) < 4.78 is 20.5. The predicted molar refractivity (Wildman–Crippen MR) is 34.1 cm³/mol. The van der Waals surface area contributed by atoms with E-state index in [0.29, 0.717) is 13.0 Å². The normalized spacial score (nSPS) is 53.4. The van der Waals surface area contributed by atoms with E-state index in [1.807, 2.05) is 4.90 Å². The van der Waals surface area contributed by atoms with Crippen LogP contribution >= 0.6 is 0 Å². The Morgan fingerprint density at radius 1 is 1.67 bits per heavy atom. The second-order valence-corrected chi connectivity index (χ2v) is 2.92. The van der Waals surface area contributed by atoms with Gasteiger partial charge in [-0.3, -0.25) is 4.90 Å². The Hall–Kier alpha value is -0.110. The molecule has 2 aliphatic rings. The molecule has 0 unspecified atom stereocenters. The molecule has 2 heterocycles. The summed E-state index contributed by atoms with van der Waals surface area (Å²) in [5.74, 6) is 0. The molecule has 0 bridgehead atoms. The number of hydrogen-bond acceptors (Lipinski definition) is 1. The molecule has 0 aromatic carbocycles. The van der Waals surface area contributed by atoms with Crippen LogP contribution in [0.3, 0.4) is 0 Å². The molecular formula is C7H12FN. The van der Waals surface area contributed by atoms with E-state index in [2.05, 4.69) is 0 Å². The fraction of sp³-hybridized carbons (Fsp3) is 1.00. The first-order chi connectivity index (χ1) is 4.71. The van der Waals surface area contributed by atoms with Crippen molar-refractivity contribution in [3.63, 3.8) is 0 Å². The average Bonchev–Trinajstić information content (AvgIpc) is 2.20. The zero-order valence-corrected chi connectivity index (χ0v) is 5.44. The largest absolute Gasteiger partial charge is 0.297 e. The second-order valence-electron chi connectivity index (χ2n) is 2.92. The van der Waals surface area contributed by atoms with Gasteiger partial charge in [0.15, 0.2) is 0 Å². The highest BCUT2D eigenvalue weighted by molar-refractivity contribution is 4.89. The maximum atomic E-state index is 12.7. The van der Waals surface area contributed by atoms with Crippen LogP contribution in [0.2, 0.25) is 0 Å². The number of fused-ring (bicyclic) bond motifs is 1. The zero-order valence-electron chi connectivity index (χ0n) is 6.44. The van der Waals surface area contributed by atoms with Crippen molar-refractivity contribution in [1.29, 1.82) is 0 Å². The summed E-state index contributed by atoms with van der Waals surface area (Å²) in [6.07, 6.45) is 1.65. The van der Waals surface area contributed by atoms with E-state index in [1.165, 1.54) is 0 Å². The van der Waals surface area contributed by atoms with Crippen LogP contribution in [0.4, 0.5) is 4.39 Å². The first-order valence-corrected chi connectivity index (χ1v) is 3.60. The summed E-state index contributed by atoms with van der Waals surface area (Å²) in [6.45, 7) is 1.44. The van der Waals surface area contributed by atoms with Crippen LogP contribution in [-0.2, 0) is 0 Å². The zero-order chi connectivity index (χ0) is 7.19. The molecule has 2 fully saturated rings. The van der Waals surface area contributed by atoms with Crippen LogP contribution in [-0.4, -0.2) is 30.2 Å². The number of halogens is 1. The Bertz CT molecular complexity index is 153. The topological polar surface area (TPSA) is 3.24 Å². The molecule has 2 saturated heterocycles. The number of rotatable bonds is 0. The van der Waals surface area contributed by atoms with E-state index in [-0.39, 0.29) is 0 Å². The van der Waals surface area contributed by atoms with Crippen molar-refractivity contribution in [2.75, 3.05) is 13.1 Å². The fourth-order valence-corrected chi connectivity index (χ4v) is 1.80. The van der Waals surface area contributed by atoms with Crippen LogP contribution in [0.15, 0.2) is 0 Å². The third-order valence-electron chi connectivity index (χ3n) is 2.22. The minimum absolute atomic E-state index is 0.438. The van der Waals surface area contributed by atoms with E-state index in [9.17, 15) is 4.39 Å². The molecule has 2 aliphatic heterocycles. The number of nitrogens with zero attached hydrogens (tertiary/aromatic N) is 1. The smallest absolute Gasteiger partial charge is 0.114 e. The van der Waals surface area contributed by atoms with Gasteiger partial charge in [-0.2, -0.15) is 0 Å². The van der Waals surface area contributed by atoms with Crippen LogP contribution in [0.1, 0.15) is 20.6 Å². The summed E-state index contributed by atoms with van der Waals surface area (Å²) in [7, 11) is 0. The highest BCUT2D eigenvalue weighted by Crippen LogP contribution is 2.28. The lowest BCUT2D eigenvalue weighted by Gasteiger charge is -2.11. The van der Waals surface area contributed by atoms with E-state index in [4.69, 9.17) is 1.37 Å². The molecule has 0 spiro atoms. The molecule has 2 atom stereocenters. The van der Waals surface area contributed by atoms with Gasteiger partial charge in [-0.1, -0.05) is 0 Å². The molecule has 2 heteroatoms. The quantitative estimate of drug-likeness (QED) is 0.476. The van der Waals surface area contributed by atoms with Crippen molar-refractivity contribution < 1.29 is 5.76 Å². The predicted octanol–water partition coefficient (Wildman–Crippen LogP) is 1.19. The lowest BCUT2D eigenvalue weighted by atomic mass is 10.1. The monoisotopic (exact) mass is 130 g/mol. The maximum absolute atomic E-state index is 12.7. The van der Waals surface area contributed by atoms with Crippen LogP contribution in [0.25, 0.3) is 0 Å². The molecule has 0 radical (unpaired) electrons. The van der Waals surface area contributed by atoms with E-state index in [1.54, 1.807) is 0 Å². The van der Waals surface area contributed by atoms with Gasteiger partial charge in [0.05, 0.1) is 0 Å². The third kappa shape index (κ3) is 0.855. The summed E-state index contributed by atoms with van der Waals surface area (Å²) in [6, 6.07) is -0.514. The summed E-state index contributed by atoms with van der Waals surface area (Å²) in [5.41, 5.74) is 0. The summed E-state index contributed by atoms with van der Waals surface area (Å²) in [4.78, 5) is 1.97. The average molecular weight is 130 g/mol. The maximum Gasteiger partial charge on any atom is 0.114 e. The Labute approximate surface area is 56.2 Å². The fourth-order valence-electron chi connectivity index (χ4n) is 1.80. The molecule has 0 saturated carbocycles. The standard InChI is InChI=1S/C7H12FN/c8-6-4-7-2-1-3-9(7)5-6/h6-7H,1-5H2/t6-,7+/m1/s1/i7D. The van der Waals surface area contributed by atoms with Crippen molar-refractivity contribution in [3.8, 4) is 0 Å². The van der Waals surface area contributed by atoms with E-state index < -0.39 is 12.2 Å². The van der Waals surface area contributed by atoms with E-state index in [0.717, 1.165) is 19.4 Å². The van der Waals surface area contributed by atoms with Crippen molar-refractivity contribution in [1.82, 2.24) is 4.90 Å². The van der Waals surface area contributed by atoms with Crippen molar-refractivity contribution >= 4 is 0 Å². The molecule has 1 nitrogen and oxygen atoms in total. The SMILES string of the molecule is [2H][C@@]12CCCN1C[C@H](F)C2. The molecular weight excluding hydrogens is 117 g/mol. The van der Waals surface area contributed by atoms with Crippen LogP contribution in [0.5, 0.6) is 0 Å². The molecule has 0 aromatic rings. The van der Waals surface area contributed by atoms with Crippen molar-refractivity contribution in [3.05, 3.63) is 0 Å². The van der Waals surface area contributed by atoms with Crippen molar-refractivity contribution in [2.24, 2.45) is 0 Å². The Morgan fingerprint density at radius 2 is 2.56 bits per heavy atom. The second kappa shape index (κ2) is 1.94. The van der Waals surface area contributed by atoms with Crippen molar-refractivity contribution in [2.45, 2.75) is 31.5 Å². The lowest BCUT2D eigenvalue weighted by Crippen LogP contribution is -2.22. The minimum Gasteiger partial charge on any atom is -0.297 e. The minimum atomic E-state index is -0.738. The Morgan fingerprint density at radius 3 is 3.33 bits per heavy atom. The van der Waals surface area contributed by atoms with E-state index >= 15 is 0 Å². The molecule has 0 aliphatic carbocycles. The summed E-state index contributed by atoms with van der Waals surface area (Å²) >= 11 is 0. The molecule has 52 valence electrons. The Balaban J connectivity index is 2.15. The lowest BCUT2D eigenvalue weighted by molar-refractivity contribution is 0.292. The molecule has 9 heavy (non-hydrogen) atoms. The van der Waals surface area contributed by atoms with Crippen LogP contribution < -0.4 is 0 Å². The highest BCUT2D eigenvalue weighted by Gasteiger charge is 2.34. The first kappa shape index (κ1) is 4.67. The first-order valence-electron chi connectivity index (χ1n) is 4.10. The van der Waals surface area contributed by atoms with Gasteiger partial charge in [-0.25, -0.2) is 4.39 Å². The molecule has 2 rings (SSSR count). The third-order valence-corrected chi connectivity index (χ3v) is 2.22. The Kier molecular flexibility index (Phi) is 1.01. The van der Waals surface area contributed by atoms with Crippen LogP contribution in [0, 0.1) is 0 Å². The van der Waals surface area contributed by atoms with Gasteiger partial charge in [0.25, 0.3) is 0 Å². The number of hydrogen-bond donors (Lipinski definition) is 0. The molecule has 0 N–H and O–H groups in total. The van der Waals surface area contributed by atoms with Gasteiger partial charge in [0, 0.05) is 13.9 Å². The van der Waals surface area contributed by atoms with Gasteiger partial charge >= 0.3 is 0 Å². The summed E-state index contributed by atoms with van der Waals surface area (Å²) in [5, 5.41) is 0. The van der Waals surface area contributed by atoms with Gasteiger partial charge in [-0.05, 0) is 25.8 Å². The molecule has 0 aromatic heterocycles. The highest BCUT2D eigenvalue weighted by atomic mass is 19.1. The molecule has 0 amide bonds. The van der Waals surface area contributed by atoms with Gasteiger partial charge in [0.2, 0.25) is 0 Å². The van der Waals surface area contributed by atoms with Gasteiger partial charge in [0.1, 0.15) is 6.17 Å². The van der Waals surface area contributed by atoms with Gasteiger partial charge in [-0.15, -0.1) is 0 Å². The number of alkyl halides is 1.